The molecule has 7 heteroatoms. The first-order valence-corrected chi connectivity index (χ1v) is 7.72. The highest BCUT2D eigenvalue weighted by Gasteiger charge is 2.53. The van der Waals surface area contributed by atoms with Gasteiger partial charge in [-0.1, -0.05) is 30.3 Å². The molecular formula is C18H16F3N3O. The van der Waals surface area contributed by atoms with E-state index in [9.17, 15) is 23.2 Å². The average Bonchev–Trinajstić information content (AvgIpc) is 2.78. The Morgan fingerprint density at radius 1 is 1.20 bits per heavy atom. The molecule has 0 radical (unpaired) electrons. The molecule has 2 aromatic carbocycles. The van der Waals surface area contributed by atoms with Crippen LogP contribution in [0.5, 0.6) is 0 Å². The van der Waals surface area contributed by atoms with Gasteiger partial charge in [0.25, 0.3) is 0 Å². The number of hydrazine groups is 1. The summed E-state index contributed by atoms with van der Waals surface area (Å²) < 4.78 is 41.9. The normalized spacial score (nSPS) is 18.8. The third-order valence-corrected chi connectivity index (χ3v) is 4.43. The summed E-state index contributed by atoms with van der Waals surface area (Å²) in [5, 5.41) is 11.0. The molecule has 1 N–H and O–H groups in total. The van der Waals surface area contributed by atoms with E-state index in [0.29, 0.717) is 16.3 Å². The highest BCUT2D eigenvalue weighted by atomic mass is 19.4. The number of hydrogen-bond acceptors (Lipinski definition) is 3. The molecule has 4 nitrogen and oxygen atoms in total. The minimum absolute atomic E-state index is 0.0115. The summed E-state index contributed by atoms with van der Waals surface area (Å²) in [4.78, 5) is 11.7. The molecule has 1 fully saturated rings. The molecule has 0 aliphatic carbocycles. The number of hydrogen-bond donors (Lipinski definition) is 1. The number of nitrogens with one attached hydrogen (secondary N) is 1. The van der Waals surface area contributed by atoms with Gasteiger partial charge < -0.3 is 0 Å². The van der Waals surface area contributed by atoms with Crippen LogP contribution in [0.15, 0.2) is 36.4 Å². The molecule has 1 atom stereocenters. The van der Waals surface area contributed by atoms with Gasteiger partial charge >= 0.3 is 6.18 Å². The van der Waals surface area contributed by atoms with Crippen LogP contribution >= 0.6 is 0 Å². The molecule has 1 saturated heterocycles. The summed E-state index contributed by atoms with van der Waals surface area (Å²) in [5.74, 6) is -0.447. The predicted molar refractivity (Wildman–Crippen MR) is 86.1 cm³/mol. The van der Waals surface area contributed by atoms with E-state index in [1.807, 2.05) is 6.07 Å². The molecule has 1 aliphatic heterocycles. The third-order valence-electron chi connectivity index (χ3n) is 4.43. The number of fused-ring (bicyclic) bond motifs is 1. The molecule has 1 aliphatic rings. The molecule has 1 amide bonds. The molecule has 0 bridgehead atoms. The van der Waals surface area contributed by atoms with E-state index >= 15 is 0 Å². The van der Waals surface area contributed by atoms with Gasteiger partial charge in [-0.25, -0.2) is 0 Å². The van der Waals surface area contributed by atoms with E-state index in [2.05, 4.69) is 5.43 Å². The Kier molecular flexibility index (Phi) is 3.96. The average molecular weight is 347 g/mol. The van der Waals surface area contributed by atoms with Gasteiger partial charge in [0.15, 0.2) is 6.04 Å². The van der Waals surface area contributed by atoms with Crippen molar-refractivity contribution in [2.75, 3.05) is 0 Å². The molecule has 2 aromatic rings. The van der Waals surface area contributed by atoms with Crippen LogP contribution < -0.4 is 5.43 Å². The summed E-state index contributed by atoms with van der Waals surface area (Å²) in [7, 11) is 0. The largest absolute Gasteiger partial charge is 0.409 e. The van der Waals surface area contributed by atoms with Crippen molar-refractivity contribution in [1.82, 2.24) is 10.4 Å². The fraction of sp³-hybridized carbons (Fsp3) is 0.333. The number of rotatable bonds is 2. The van der Waals surface area contributed by atoms with E-state index in [4.69, 9.17) is 0 Å². The summed E-state index contributed by atoms with van der Waals surface area (Å²) in [5.41, 5.74) is 1.68. The molecule has 1 heterocycles. The van der Waals surface area contributed by atoms with E-state index in [1.54, 1.807) is 38.1 Å². The molecule has 0 saturated carbocycles. The van der Waals surface area contributed by atoms with Crippen molar-refractivity contribution in [2.45, 2.75) is 38.0 Å². The quantitative estimate of drug-likeness (QED) is 0.898. The molecule has 0 unspecified atom stereocenters. The van der Waals surface area contributed by atoms with Crippen LogP contribution in [0.2, 0.25) is 0 Å². The summed E-state index contributed by atoms with van der Waals surface area (Å²) >= 11 is 0. The first-order chi connectivity index (χ1) is 11.6. The third kappa shape index (κ3) is 2.94. The van der Waals surface area contributed by atoms with Gasteiger partial charge in [-0.05, 0) is 36.2 Å². The van der Waals surface area contributed by atoms with Gasteiger partial charge in [0.2, 0.25) is 5.91 Å². The van der Waals surface area contributed by atoms with E-state index in [0.717, 1.165) is 5.01 Å². The second-order valence-electron chi connectivity index (χ2n) is 6.70. The lowest BCUT2D eigenvalue weighted by Gasteiger charge is -2.38. The Hall–Kier alpha value is -2.59. The van der Waals surface area contributed by atoms with Crippen molar-refractivity contribution in [3.05, 3.63) is 47.5 Å². The summed E-state index contributed by atoms with van der Waals surface area (Å²) in [6, 6.07) is 9.20. The van der Waals surface area contributed by atoms with Gasteiger partial charge in [-0.2, -0.15) is 23.4 Å². The smallest absolute Gasteiger partial charge is 0.287 e. The highest BCUT2D eigenvalue weighted by molar-refractivity contribution is 5.91. The molecular weight excluding hydrogens is 331 g/mol. The number of benzene rings is 2. The Labute approximate surface area is 142 Å². The van der Waals surface area contributed by atoms with Crippen molar-refractivity contribution >= 4 is 16.7 Å². The Balaban J connectivity index is 2.25. The first kappa shape index (κ1) is 17.2. The zero-order valence-electron chi connectivity index (χ0n) is 13.7. The Morgan fingerprint density at radius 3 is 2.40 bits per heavy atom. The standard InChI is InChI=1S/C18H16F3N3O/c1-17(2)9-15(25)23-24(17)16(18(19,20)21)14-8-4-6-12-11(10-22)5-3-7-13(12)14/h3-8,16H,9H2,1-2H3,(H,23,25)/t16-/m0/s1. The number of amides is 1. The lowest BCUT2D eigenvalue weighted by atomic mass is 9.92. The van der Waals surface area contributed by atoms with Gasteiger partial charge in [0, 0.05) is 12.0 Å². The predicted octanol–water partition coefficient (Wildman–Crippen LogP) is 3.83. The van der Waals surface area contributed by atoms with Crippen LogP contribution in [0.1, 0.15) is 37.4 Å². The maximum absolute atomic E-state index is 14.0. The van der Waals surface area contributed by atoms with E-state index in [1.165, 1.54) is 12.1 Å². The van der Waals surface area contributed by atoms with Crippen LogP contribution in [0.3, 0.4) is 0 Å². The van der Waals surface area contributed by atoms with Crippen molar-refractivity contribution in [1.29, 1.82) is 5.26 Å². The van der Waals surface area contributed by atoms with Crippen LogP contribution in [0.4, 0.5) is 13.2 Å². The lowest BCUT2D eigenvalue weighted by molar-refractivity contribution is -0.203. The van der Waals surface area contributed by atoms with Crippen LogP contribution in [0, 0.1) is 11.3 Å². The van der Waals surface area contributed by atoms with Crippen molar-refractivity contribution in [3.63, 3.8) is 0 Å². The maximum Gasteiger partial charge on any atom is 0.409 e. The second-order valence-corrected chi connectivity index (χ2v) is 6.70. The maximum atomic E-state index is 14.0. The molecule has 130 valence electrons. The molecule has 0 aromatic heterocycles. The fourth-order valence-corrected chi connectivity index (χ4v) is 3.35. The molecule has 25 heavy (non-hydrogen) atoms. The van der Waals surface area contributed by atoms with E-state index < -0.39 is 23.7 Å². The monoisotopic (exact) mass is 347 g/mol. The van der Waals surface area contributed by atoms with Gasteiger partial charge in [0.1, 0.15) is 0 Å². The summed E-state index contributed by atoms with van der Waals surface area (Å²) in [6.45, 7) is 3.19. The topological polar surface area (TPSA) is 56.1 Å². The zero-order chi connectivity index (χ0) is 18.4. The number of nitriles is 1. The SMILES string of the molecule is CC1(C)CC(=O)NN1[C@@H](c1cccc2c(C#N)cccc12)C(F)(F)F. The zero-order valence-corrected chi connectivity index (χ0v) is 13.7. The number of halogens is 3. The number of nitrogens with zero attached hydrogens (tertiary/aromatic N) is 2. The Morgan fingerprint density at radius 2 is 1.84 bits per heavy atom. The van der Waals surface area contributed by atoms with Crippen LogP contribution in [-0.4, -0.2) is 22.6 Å². The molecule has 3 rings (SSSR count). The minimum Gasteiger partial charge on any atom is -0.287 e. The fourth-order valence-electron chi connectivity index (χ4n) is 3.35. The first-order valence-electron chi connectivity index (χ1n) is 7.72. The van der Waals surface area contributed by atoms with Crippen LogP contribution in [-0.2, 0) is 4.79 Å². The minimum atomic E-state index is -4.61. The Bertz CT molecular complexity index is 883. The number of carbonyl (C=O) groups is 1. The van der Waals surface area contributed by atoms with Gasteiger partial charge in [0.05, 0.1) is 11.6 Å². The van der Waals surface area contributed by atoms with Crippen molar-refractivity contribution in [3.8, 4) is 6.07 Å². The van der Waals surface area contributed by atoms with Gasteiger partial charge in [-0.3, -0.25) is 10.2 Å². The van der Waals surface area contributed by atoms with Gasteiger partial charge in [-0.15, -0.1) is 0 Å². The van der Waals surface area contributed by atoms with Crippen LogP contribution in [0.25, 0.3) is 10.8 Å². The highest BCUT2D eigenvalue weighted by Crippen LogP contribution is 2.44. The second kappa shape index (κ2) is 5.74. The van der Waals surface area contributed by atoms with Crippen molar-refractivity contribution in [2.24, 2.45) is 0 Å². The summed E-state index contributed by atoms with van der Waals surface area (Å²) in [6.07, 6.45) is -4.63. The van der Waals surface area contributed by atoms with Crippen molar-refractivity contribution < 1.29 is 18.0 Å². The number of alkyl halides is 3. The number of carbonyl (C=O) groups excluding carboxylic acids is 1. The van der Waals surface area contributed by atoms with E-state index in [-0.39, 0.29) is 12.0 Å². The lowest BCUT2D eigenvalue weighted by Crippen LogP contribution is -2.51. The molecule has 0 spiro atoms.